The molecule has 1 aromatic heterocycles. The summed E-state index contributed by atoms with van der Waals surface area (Å²) in [5.41, 5.74) is 15.0. The molecule has 2 aromatic carbocycles. The van der Waals surface area contributed by atoms with Crippen LogP contribution in [0.1, 0.15) is 23.3 Å². The van der Waals surface area contributed by atoms with Gasteiger partial charge < -0.3 is 21.8 Å². The van der Waals surface area contributed by atoms with Crippen molar-refractivity contribution in [2.24, 2.45) is 11.5 Å². The molecule has 28 heavy (non-hydrogen) atoms. The molecule has 0 bridgehead atoms. The minimum atomic E-state index is -0.155. The Labute approximate surface area is 182 Å². The number of aromatic amines is 1. The number of rotatable bonds is 7. The fraction of sp³-hybridized carbons (Fsp3) is 0.250. The Balaban J connectivity index is 0.00000196. The molecule has 1 amide bonds. The number of hydrogen-bond acceptors (Lipinski definition) is 3. The Morgan fingerprint density at radius 3 is 2.43 bits per heavy atom. The molecule has 0 fully saturated rings. The van der Waals surface area contributed by atoms with Gasteiger partial charge in [0.05, 0.1) is 0 Å². The van der Waals surface area contributed by atoms with Crippen molar-refractivity contribution in [3.63, 3.8) is 0 Å². The van der Waals surface area contributed by atoms with Crippen LogP contribution < -0.4 is 16.8 Å². The lowest BCUT2D eigenvalue weighted by Gasteiger charge is -2.11. The number of halogens is 3. The van der Waals surface area contributed by atoms with E-state index in [4.69, 9.17) is 23.1 Å². The number of benzene rings is 2. The van der Waals surface area contributed by atoms with Crippen LogP contribution in [0.4, 0.5) is 0 Å². The number of nitrogens with two attached hydrogens (primary N) is 2. The smallest absolute Gasteiger partial charge is 0.267 e. The molecule has 3 aromatic rings. The molecule has 0 aliphatic heterocycles. The van der Waals surface area contributed by atoms with Crippen LogP contribution in [-0.2, 0) is 0 Å². The van der Waals surface area contributed by atoms with Gasteiger partial charge in [0.15, 0.2) is 0 Å². The normalized spacial score (nSPS) is 11.4. The summed E-state index contributed by atoms with van der Waals surface area (Å²) in [4.78, 5) is 15.5. The van der Waals surface area contributed by atoms with E-state index in [1.807, 2.05) is 48.5 Å². The molecule has 0 saturated heterocycles. The predicted octanol–water partition coefficient (Wildman–Crippen LogP) is 4.13. The van der Waals surface area contributed by atoms with Gasteiger partial charge in [-0.15, -0.1) is 24.8 Å². The van der Waals surface area contributed by atoms with E-state index in [1.54, 1.807) is 0 Å². The summed E-state index contributed by atoms with van der Waals surface area (Å²) < 4.78 is 0. The number of aromatic nitrogens is 1. The standard InChI is InChI=1S/C20H23ClN4O.2ClH/c21-16-7-5-13(6-8-16)14-3-4-15-11-19(25-18(15)10-14)20(26)24-12-17(23)2-1-9-22;;/h3-8,10-11,17,25H,1-2,9,12,22-23H2,(H,24,26);2*1H/t17-;;/m1../s1. The molecule has 0 unspecified atom stereocenters. The van der Waals surface area contributed by atoms with Gasteiger partial charge in [0.1, 0.15) is 5.69 Å². The SMILES string of the molecule is Cl.Cl.NCCC[C@@H](N)CNC(=O)c1cc2ccc(-c3ccc(Cl)cc3)cc2[nH]1. The van der Waals surface area contributed by atoms with E-state index in [2.05, 4.69) is 10.3 Å². The largest absolute Gasteiger partial charge is 0.351 e. The first-order valence-corrected chi connectivity index (χ1v) is 9.07. The molecule has 0 radical (unpaired) electrons. The molecule has 8 heteroatoms. The number of hydrogen-bond donors (Lipinski definition) is 4. The van der Waals surface area contributed by atoms with Crippen LogP contribution in [0.15, 0.2) is 48.5 Å². The van der Waals surface area contributed by atoms with Crippen molar-refractivity contribution >= 4 is 53.2 Å². The van der Waals surface area contributed by atoms with Gasteiger partial charge in [-0.3, -0.25) is 4.79 Å². The van der Waals surface area contributed by atoms with Gasteiger partial charge in [-0.2, -0.15) is 0 Å². The highest BCUT2D eigenvalue weighted by Gasteiger charge is 2.11. The maximum absolute atomic E-state index is 12.3. The molecule has 6 N–H and O–H groups in total. The van der Waals surface area contributed by atoms with Gasteiger partial charge in [-0.05, 0) is 54.8 Å². The van der Waals surface area contributed by atoms with Crippen molar-refractivity contribution in [1.82, 2.24) is 10.3 Å². The van der Waals surface area contributed by atoms with Crippen molar-refractivity contribution in [3.8, 4) is 11.1 Å². The monoisotopic (exact) mass is 442 g/mol. The van der Waals surface area contributed by atoms with E-state index in [9.17, 15) is 4.79 Å². The number of fused-ring (bicyclic) bond motifs is 1. The number of nitrogens with one attached hydrogen (secondary N) is 2. The maximum atomic E-state index is 12.3. The van der Waals surface area contributed by atoms with Gasteiger partial charge in [0.2, 0.25) is 0 Å². The molecule has 5 nitrogen and oxygen atoms in total. The number of H-pyrrole nitrogens is 1. The zero-order chi connectivity index (χ0) is 18.5. The molecular formula is C20H25Cl3N4O. The van der Waals surface area contributed by atoms with E-state index in [-0.39, 0.29) is 36.8 Å². The molecule has 0 spiro atoms. The number of amides is 1. The van der Waals surface area contributed by atoms with E-state index >= 15 is 0 Å². The average Bonchev–Trinajstić information content (AvgIpc) is 3.08. The lowest BCUT2D eigenvalue weighted by molar-refractivity contribution is 0.0946. The molecule has 0 saturated carbocycles. The van der Waals surface area contributed by atoms with Gasteiger partial charge in [0, 0.05) is 28.5 Å². The molecule has 0 aliphatic carbocycles. The van der Waals surface area contributed by atoms with Crippen molar-refractivity contribution in [2.75, 3.05) is 13.1 Å². The Morgan fingerprint density at radius 2 is 1.75 bits per heavy atom. The molecule has 0 aliphatic rings. The first-order valence-electron chi connectivity index (χ1n) is 8.69. The Morgan fingerprint density at radius 1 is 1.07 bits per heavy atom. The zero-order valence-electron chi connectivity index (χ0n) is 15.3. The van der Waals surface area contributed by atoms with Gasteiger partial charge in [-0.25, -0.2) is 0 Å². The van der Waals surface area contributed by atoms with Gasteiger partial charge in [-0.1, -0.05) is 35.9 Å². The predicted molar refractivity (Wildman–Crippen MR) is 122 cm³/mol. The van der Waals surface area contributed by atoms with Crippen molar-refractivity contribution in [3.05, 3.63) is 59.2 Å². The summed E-state index contributed by atoms with van der Waals surface area (Å²) in [6.45, 7) is 1.05. The van der Waals surface area contributed by atoms with Crippen LogP contribution >= 0.6 is 36.4 Å². The minimum Gasteiger partial charge on any atom is -0.351 e. The average molecular weight is 444 g/mol. The Kier molecular flexibility index (Phi) is 9.79. The van der Waals surface area contributed by atoms with E-state index in [0.29, 0.717) is 23.8 Å². The number of carbonyl (C=O) groups excluding carboxylic acids is 1. The molecule has 3 rings (SSSR count). The van der Waals surface area contributed by atoms with Crippen molar-refractivity contribution in [2.45, 2.75) is 18.9 Å². The van der Waals surface area contributed by atoms with Crippen molar-refractivity contribution in [1.29, 1.82) is 0 Å². The molecule has 152 valence electrons. The number of carbonyl (C=O) groups is 1. The van der Waals surface area contributed by atoms with Crippen LogP contribution in [0, 0.1) is 0 Å². The summed E-state index contributed by atoms with van der Waals surface area (Å²) in [5.74, 6) is -0.155. The summed E-state index contributed by atoms with van der Waals surface area (Å²) >= 11 is 5.95. The molecule has 1 atom stereocenters. The third-order valence-corrected chi connectivity index (χ3v) is 4.60. The van der Waals surface area contributed by atoms with Gasteiger partial charge in [0.25, 0.3) is 5.91 Å². The van der Waals surface area contributed by atoms with E-state index in [1.165, 1.54) is 0 Å². The minimum absolute atomic E-state index is 0. The highest BCUT2D eigenvalue weighted by Crippen LogP contribution is 2.26. The Bertz CT molecular complexity index is 896. The second-order valence-electron chi connectivity index (χ2n) is 6.39. The van der Waals surface area contributed by atoms with Crippen LogP contribution in [0.25, 0.3) is 22.0 Å². The lowest BCUT2D eigenvalue weighted by atomic mass is 10.0. The molecule has 1 heterocycles. The second kappa shape index (κ2) is 11.3. The van der Waals surface area contributed by atoms with Gasteiger partial charge >= 0.3 is 0 Å². The third kappa shape index (κ3) is 6.12. The first kappa shape index (κ1) is 24.3. The second-order valence-corrected chi connectivity index (χ2v) is 6.83. The fourth-order valence-corrected chi connectivity index (χ4v) is 3.00. The first-order chi connectivity index (χ1) is 12.6. The Hall–Kier alpha value is -1.76. The van der Waals surface area contributed by atoms with Crippen molar-refractivity contribution < 1.29 is 4.79 Å². The van der Waals surface area contributed by atoms with Crippen LogP contribution in [0.3, 0.4) is 0 Å². The van der Waals surface area contributed by atoms with Crippen LogP contribution in [0.2, 0.25) is 5.02 Å². The third-order valence-electron chi connectivity index (χ3n) is 4.35. The summed E-state index contributed by atoms with van der Waals surface area (Å²) in [5, 5.41) is 4.56. The van der Waals surface area contributed by atoms with Crippen LogP contribution in [0.5, 0.6) is 0 Å². The fourth-order valence-electron chi connectivity index (χ4n) is 2.87. The topological polar surface area (TPSA) is 96.9 Å². The summed E-state index contributed by atoms with van der Waals surface area (Å²) in [6, 6.07) is 15.5. The summed E-state index contributed by atoms with van der Waals surface area (Å²) in [7, 11) is 0. The zero-order valence-corrected chi connectivity index (χ0v) is 17.7. The maximum Gasteiger partial charge on any atom is 0.267 e. The summed E-state index contributed by atoms with van der Waals surface area (Å²) in [6.07, 6.45) is 1.66. The lowest BCUT2D eigenvalue weighted by Crippen LogP contribution is -2.37. The van der Waals surface area contributed by atoms with Crippen LogP contribution in [-0.4, -0.2) is 30.0 Å². The quantitative estimate of drug-likeness (QED) is 0.442. The molecular weight excluding hydrogens is 419 g/mol. The van der Waals surface area contributed by atoms with E-state index < -0.39 is 0 Å². The van der Waals surface area contributed by atoms with E-state index in [0.717, 1.165) is 34.9 Å². The highest BCUT2D eigenvalue weighted by molar-refractivity contribution is 6.30. The highest BCUT2D eigenvalue weighted by atomic mass is 35.5.